The van der Waals surface area contributed by atoms with E-state index in [0.29, 0.717) is 28.3 Å². The molecule has 0 amide bonds. The maximum Gasteiger partial charge on any atom is 0.250 e. The zero-order chi connectivity index (χ0) is 25.5. The molecule has 2 aliphatic rings. The second kappa shape index (κ2) is 12.4. The van der Waals surface area contributed by atoms with Crippen LogP contribution in [0.5, 0.6) is 5.75 Å². The van der Waals surface area contributed by atoms with Crippen LogP contribution in [0.1, 0.15) is 49.7 Å². The predicted molar refractivity (Wildman–Crippen MR) is 150 cm³/mol. The third kappa shape index (κ3) is 6.81. The molecule has 2 aromatic carbocycles. The molecule has 0 saturated carbocycles. The summed E-state index contributed by atoms with van der Waals surface area (Å²) in [4.78, 5) is 18.7. The van der Waals surface area contributed by atoms with Gasteiger partial charge in [-0.05, 0) is 62.8 Å². The Morgan fingerprint density at radius 1 is 0.838 bits per heavy atom. The number of nitrogens with one attached hydrogen (secondary N) is 1. The Labute approximate surface area is 227 Å². The Morgan fingerprint density at radius 2 is 1.49 bits per heavy atom. The number of halogens is 2. The molecule has 0 radical (unpaired) electrons. The van der Waals surface area contributed by atoms with Crippen LogP contribution in [-0.2, 0) is 6.61 Å². The molecule has 5 rings (SSSR count). The minimum atomic E-state index is 0.320. The molecule has 0 bridgehead atoms. The molecule has 10 heteroatoms. The van der Waals surface area contributed by atoms with E-state index in [9.17, 15) is 0 Å². The van der Waals surface area contributed by atoms with Crippen molar-refractivity contribution in [3.63, 3.8) is 0 Å². The number of aromatic nitrogens is 3. The van der Waals surface area contributed by atoms with E-state index < -0.39 is 0 Å². The molecule has 1 aromatic heterocycles. The van der Waals surface area contributed by atoms with Gasteiger partial charge >= 0.3 is 0 Å². The van der Waals surface area contributed by atoms with Crippen LogP contribution in [0.2, 0.25) is 10.0 Å². The van der Waals surface area contributed by atoms with Gasteiger partial charge in [0.05, 0.1) is 6.21 Å². The van der Waals surface area contributed by atoms with Gasteiger partial charge in [-0.2, -0.15) is 20.1 Å². The largest absolute Gasteiger partial charge is 0.488 e. The number of benzene rings is 2. The highest BCUT2D eigenvalue weighted by molar-refractivity contribution is 6.35. The summed E-state index contributed by atoms with van der Waals surface area (Å²) in [6, 6.07) is 13.1. The molecule has 194 valence electrons. The van der Waals surface area contributed by atoms with Gasteiger partial charge in [-0.3, -0.25) is 0 Å². The number of piperidine rings is 2. The maximum absolute atomic E-state index is 6.30. The molecule has 2 saturated heterocycles. The highest BCUT2D eigenvalue weighted by Crippen LogP contribution is 2.25. The minimum absolute atomic E-state index is 0.320. The van der Waals surface area contributed by atoms with E-state index in [0.717, 1.165) is 74.9 Å². The van der Waals surface area contributed by atoms with E-state index in [4.69, 9.17) is 42.9 Å². The van der Waals surface area contributed by atoms with Crippen molar-refractivity contribution < 1.29 is 4.74 Å². The molecule has 8 nitrogen and oxygen atoms in total. The van der Waals surface area contributed by atoms with E-state index in [-0.39, 0.29) is 0 Å². The van der Waals surface area contributed by atoms with Crippen molar-refractivity contribution in [2.45, 2.75) is 45.1 Å². The number of ether oxygens (including phenoxy) is 1. The van der Waals surface area contributed by atoms with Crippen LogP contribution in [-0.4, -0.2) is 47.3 Å². The van der Waals surface area contributed by atoms with Gasteiger partial charge in [0.2, 0.25) is 17.8 Å². The first kappa shape index (κ1) is 25.5. The highest BCUT2D eigenvalue weighted by Gasteiger charge is 2.20. The summed E-state index contributed by atoms with van der Waals surface area (Å²) in [6.45, 7) is 4.19. The quantitative estimate of drug-likeness (QED) is 0.270. The third-order valence-electron chi connectivity index (χ3n) is 6.58. The molecule has 1 N–H and O–H groups in total. The molecular formula is C27H31Cl2N7O. The summed E-state index contributed by atoms with van der Waals surface area (Å²) in [6.07, 6.45) is 8.84. The van der Waals surface area contributed by atoms with Crippen LogP contribution >= 0.6 is 23.2 Å². The number of anilines is 3. The molecule has 0 spiro atoms. The second-order valence-electron chi connectivity index (χ2n) is 9.29. The van der Waals surface area contributed by atoms with E-state index in [1.807, 2.05) is 30.3 Å². The topological polar surface area (TPSA) is 78.8 Å². The lowest BCUT2D eigenvalue weighted by Crippen LogP contribution is -2.34. The molecule has 2 aliphatic heterocycles. The monoisotopic (exact) mass is 539 g/mol. The molecule has 37 heavy (non-hydrogen) atoms. The molecule has 0 unspecified atom stereocenters. The third-order valence-corrected chi connectivity index (χ3v) is 7.16. The standard InChI is InChI=1S/C27H31Cl2N7O/c28-22-12-11-21(23(29)17-22)19-37-24-10-4-3-9-20(24)18-30-34-25-31-26(35-13-5-1-6-14-35)33-27(32-25)36-15-7-2-8-16-36/h3-4,9-12,17-18H,1-2,5-8,13-16,19H2,(H,31,32,33,34)/b30-18-. The first-order valence-corrected chi connectivity index (χ1v) is 13.6. The van der Waals surface area contributed by atoms with Gasteiger partial charge < -0.3 is 14.5 Å². The van der Waals surface area contributed by atoms with Crippen LogP contribution in [0.4, 0.5) is 17.8 Å². The molecule has 0 atom stereocenters. The predicted octanol–water partition coefficient (Wildman–Crippen LogP) is 6.18. The average molecular weight is 540 g/mol. The molecule has 3 heterocycles. The fraction of sp³-hybridized carbons (Fsp3) is 0.407. The van der Waals surface area contributed by atoms with Gasteiger partial charge in [-0.15, -0.1) is 0 Å². The first-order chi connectivity index (χ1) is 18.2. The summed E-state index contributed by atoms with van der Waals surface area (Å²) in [5, 5.41) is 5.61. The van der Waals surface area contributed by atoms with Crippen molar-refractivity contribution >= 4 is 47.3 Å². The van der Waals surface area contributed by atoms with E-state index in [1.54, 1.807) is 18.3 Å². The van der Waals surface area contributed by atoms with Crippen LogP contribution < -0.4 is 20.0 Å². The summed E-state index contributed by atoms with van der Waals surface area (Å²) in [7, 11) is 0. The fourth-order valence-corrected chi connectivity index (χ4v) is 5.01. The SMILES string of the molecule is Clc1ccc(COc2ccccc2/C=N\Nc2nc(N3CCCCC3)nc(N3CCCCC3)n2)c(Cl)c1. The molecular weight excluding hydrogens is 509 g/mol. The average Bonchev–Trinajstić information content (AvgIpc) is 2.94. The van der Waals surface area contributed by atoms with Crippen LogP contribution in [0, 0.1) is 0 Å². The summed E-state index contributed by atoms with van der Waals surface area (Å²) < 4.78 is 6.04. The molecule has 3 aromatic rings. The summed E-state index contributed by atoms with van der Waals surface area (Å²) in [5.74, 6) is 2.57. The Balaban J connectivity index is 1.31. The smallest absolute Gasteiger partial charge is 0.250 e. The Bertz CT molecular complexity index is 1190. The number of hydrazone groups is 1. The Kier molecular flexibility index (Phi) is 8.58. The number of hydrogen-bond donors (Lipinski definition) is 1. The lowest BCUT2D eigenvalue weighted by Gasteiger charge is -2.30. The number of rotatable bonds is 8. The van der Waals surface area contributed by atoms with Crippen molar-refractivity contribution in [2.75, 3.05) is 41.4 Å². The van der Waals surface area contributed by atoms with Crippen molar-refractivity contribution in [1.82, 2.24) is 15.0 Å². The molecule has 0 aliphatic carbocycles. The van der Waals surface area contributed by atoms with Crippen LogP contribution in [0.3, 0.4) is 0 Å². The van der Waals surface area contributed by atoms with Crippen molar-refractivity contribution in [1.29, 1.82) is 0 Å². The Morgan fingerprint density at radius 3 is 2.14 bits per heavy atom. The lowest BCUT2D eigenvalue weighted by molar-refractivity contribution is 0.306. The number of nitrogens with zero attached hydrogens (tertiary/aromatic N) is 6. The normalized spacial score (nSPS) is 16.3. The maximum atomic E-state index is 6.30. The van der Waals surface area contributed by atoms with Crippen molar-refractivity contribution in [3.05, 3.63) is 63.6 Å². The zero-order valence-electron chi connectivity index (χ0n) is 20.7. The van der Waals surface area contributed by atoms with Gasteiger partial charge in [0, 0.05) is 47.4 Å². The Hall–Kier alpha value is -3.10. The van der Waals surface area contributed by atoms with Crippen LogP contribution in [0.25, 0.3) is 0 Å². The summed E-state index contributed by atoms with van der Waals surface area (Å²) in [5.41, 5.74) is 4.71. The fourth-order valence-electron chi connectivity index (χ4n) is 4.55. The first-order valence-electron chi connectivity index (χ1n) is 12.9. The molecule has 2 fully saturated rings. The summed E-state index contributed by atoms with van der Waals surface area (Å²) >= 11 is 12.3. The van der Waals surface area contributed by atoms with E-state index >= 15 is 0 Å². The second-order valence-corrected chi connectivity index (χ2v) is 10.1. The van der Waals surface area contributed by atoms with Gasteiger partial charge in [-0.25, -0.2) is 5.43 Å². The van der Waals surface area contributed by atoms with E-state index in [2.05, 4.69) is 20.3 Å². The zero-order valence-corrected chi connectivity index (χ0v) is 22.3. The number of para-hydroxylation sites is 1. The van der Waals surface area contributed by atoms with Gasteiger partial charge in [-0.1, -0.05) is 41.4 Å². The lowest BCUT2D eigenvalue weighted by atomic mass is 10.1. The number of hydrogen-bond acceptors (Lipinski definition) is 8. The van der Waals surface area contributed by atoms with Crippen molar-refractivity contribution in [3.8, 4) is 5.75 Å². The van der Waals surface area contributed by atoms with Gasteiger partial charge in [0.15, 0.2) is 0 Å². The van der Waals surface area contributed by atoms with Crippen molar-refractivity contribution in [2.24, 2.45) is 5.10 Å². The minimum Gasteiger partial charge on any atom is -0.488 e. The van der Waals surface area contributed by atoms with Gasteiger partial charge in [0.1, 0.15) is 12.4 Å². The van der Waals surface area contributed by atoms with Gasteiger partial charge in [0.25, 0.3) is 0 Å². The van der Waals surface area contributed by atoms with Crippen LogP contribution in [0.15, 0.2) is 47.6 Å². The van der Waals surface area contributed by atoms with E-state index in [1.165, 1.54) is 12.8 Å². The highest BCUT2D eigenvalue weighted by atomic mass is 35.5.